The van der Waals surface area contributed by atoms with Gasteiger partial charge in [0.15, 0.2) is 0 Å². The van der Waals surface area contributed by atoms with E-state index >= 15 is 0 Å². The highest BCUT2D eigenvalue weighted by molar-refractivity contribution is 5.89. The Morgan fingerprint density at radius 1 is 1.21 bits per heavy atom. The molecule has 2 fully saturated rings. The van der Waals surface area contributed by atoms with E-state index in [0.29, 0.717) is 45.6 Å². The summed E-state index contributed by atoms with van der Waals surface area (Å²) in [6.07, 6.45) is 3.76. The third-order valence-corrected chi connectivity index (χ3v) is 6.21. The van der Waals surface area contributed by atoms with Crippen LogP contribution in [0.2, 0.25) is 0 Å². The lowest BCUT2D eigenvalue weighted by Crippen LogP contribution is -2.41. The maximum absolute atomic E-state index is 12.9. The van der Waals surface area contributed by atoms with Crippen molar-refractivity contribution in [3.8, 4) is 0 Å². The number of likely N-dealkylation sites (tertiary alicyclic amines) is 2. The van der Waals surface area contributed by atoms with Crippen molar-refractivity contribution < 1.29 is 14.4 Å². The van der Waals surface area contributed by atoms with Crippen molar-refractivity contribution in [2.75, 3.05) is 32.7 Å². The number of hydrogen-bond acceptors (Lipinski definition) is 5. The first-order chi connectivity index (χ1) is 13.5. The monoisotopic (exact) mass is 385 g/mol. The van der Waals surface area contributed by atoms with Crippen molar-refractivity contribution >= 4 is 17.7 Å². The highest BCUT2D eigenvalue weighted by Gasteiger charge is 2.37. The Hall–Kier alpha value is -2.51. The van der Waals surface area contributed by atoms with Gasteiger partial charge in [0.25, 0.3) is 0 Å². The predicted molar refractivity (Wildman–Crippen MR) is 101 cm³/mol. The van der Waals surface area contributed by atoms with Gasteiger partial charge in [-0.3, -0.25) is 14.4 Å². The van der Waals surface area contributed by atoms with E-state index in [-0.39, 0.29) is 29.6 Å². The Labute approximate surface area is 164 Å². The Morgan fingerprint density at radius 3 is 2.71 bits per heavy atom. The molecule has 0 N–H and O–H groups in total. The van der Waals surface area contributed by atoms with Gasteiger partial charge in [-0.25, -0.2) is 9.97 Å². The van der Waals surface area contributed by atoms with Crippen LogP contribution in [0.15, 0.2) is 6.20 Å². The van der Waals surface area contributed by atoms with E-state index in [2.05, 4.69) is 4.98 Å². The number of carbonyl (C=O) groups excluding carboxylic acids is 3. The number of nitrogens with zero attached hydrogens (tertiary/aromatic N) is 5. The van der Waals surface area contributed by atoms with Gasteiger partial charge in [0, 0.05) is 76.7 Å². The number of aromatic nitrogens is 2. The van der Waals surface area contributed by atoms with Crippen molar-refractivity contribution in [1.82, 2.24) is 24.7 Å². The van der Waals surface area contributed by atoms with Crippen molar-refractivity contribution in [3.63, 3.8) is 0 Å². The molecule has 8 nitrogen and oxygen atoms in total. The highest BCUT2D eigenvalue weighted by atomic mass is 16.2. The molecule has 2 saturated heterocycles. The smallest absolute Gasteiger partial charge is 0.228 e. The predicted octanol–water partition coefficient (Wildman–Crippen LogP) is 0.566. The van der Waals surface area contributed by atoms with Crippen LogP contribution >= 0.6 is 0 Å². The first-order valence-electron chi connectivity index (χ1n) is 10.1. The molecule has 0 spiro atoms. The van der Waals surface area contributed by atoms with Gasteiger partial charge in [0.1, 0.15) is 5.82 Å². The van der Waals surface area contributed by atoms with Gasteiger partial charge in [0.05, 0.1) is 11.6 Å². The maximum atomic E-state index is 12.9. The number of fused-ring (bicyclic) bond motifs is 1. The lowest BCUT2D eigenvalue weighted by Gasteiger charge is -2.30. The summed E-state index contributed by atoms with van der Waals surface area (Å²) >= 11 is 0. The van der Waals surface area contributed by atoms with E-state index in [1.54, 1.807) is 11.8 Å². The second kappa shape index (κ2) is 7.48. The van der Waals surface area contributed by atoms with Gasteiger partial charge >= 0.3 is 0 Å². The minimum atomic E-state index is -0.231. The summed E-state index contributed by atoms with van der Waals surface area (Å²) in [4.78, 5) is 51.1. The summed E-state index contributed by atoms with van der Waals surface area (Å²) in [5, 5.41) is 0. The molecule has 8 heteroatoms. The number of hydrogen-bond donors (Lipinski definition) is 0. The highest BCUT2D eigenvalue weighted by Crippen LogP contribution is 2.28. The molecule has 0 radical (unpaired) electrons. The van der Waals surface area contributed by atoms with Crippen molar-refractivity contribution in [2.45, 2.75) is 45.6 Å². The van der Waals surface area contributed by atoms with Crippen LogP contribution in [0.5, 0.6) is 0 Å². The zero-order valence-electron chi connectivity index (χ0n) is 16.6. The normalized spacial score (nSPS) is 24.6. The Bertz CT molecular complexity index is 811. The average Bonchev–Trinajstić information content (AvgIpc) is 3.33. The first kappa shape index (κ1) is 18.8. The van der Waals surface area contributed by atoms with E-state index < -0.39 is 0 Å². The first-order valence-corrected chi connectivity index (χ1v) is 10.1. The van der Waals surface area contributed by atoms with Gasteiger partial charge in [-0.05, 0) is 13.3 Å². The Balaban J connectivity index is 1.42. The molecule has 1 aromatic heterocycles. The summed E-state index contributed by atoms with van der Waals surface area (Å²) in [5.74, 6) is 1.00. The third-order valence-electron chi connectivity index (χ3n) is 6.21. The quantitative estimate of drug-likeness (QED) is 0.759. The zero-order valence-corrected chi connectivity index (χ0v) is 16.6. The maximum Gasteiger partial charge on any atom is 0.228 e. The van der Waals surface area contributed by atoms with Crippen molar-refractivity contribution in [3.05, 3.63) is 23.3 Å². The van der Waals surface area contributed by atoms with Crippen LogP contribution in [0.3, 0.4) is 0 Å². The van der Waals surface area contributed by atoms with E-state index in [1.807, 2.05) is 22.9 Å². The summed E-state index contributed by atoms with van der Waals surface area (Å²) in [6, 6.07) is 0. The fraction of sp³-hybridized carbons (Fsp3) is 0.650. The second-order valence-corrected chi connectivity index (χ2v) is 7.99. The number of amides is 3. The fourth-order valence-electron chi connectivity index (χ4n) is 4.47. The SMILES string of the molecule is CCN1C[C@H](C(=O)N2CCc3nc([C@@H]4CCN(C(C)=O)C4)ncc3C2)CC1=O. The minimum absolute atomic E-state index is 0.0620. The van der Waals surface area contributed by atoms with Crippen LogP contribution in [0.1, 0.15) is 49.7 Å². The van der Waals surface area contributed by atoms with E-state index in [0.717, 1.165) is 30.0 Å². The summed E-state index contributed by atoms with van der Waals surface area (Å²) in [7, 11) is 0. The lowest BCUT2D eigenvalue weighted by molar-refractivity contribution is -0.136. The van der Waals surface area contributed by atoms with Crippen molar-refractivity contribution in [1.29, 1.82) is 0 Å². The van der Waals surface area contributed by atoms with Gasteiger partial charge in [-0.1, -0.05) is 0 Å². The topological polar surface area (TPSA) is 86.7 Å². The van der Waals surface area contributed by atoms with Gasteiger partial charge in [-0.15, -0.1) is 0 Å². The molecule has 4 heterocycles. The van der Waals surface area contributed by atoms with Crippen LogP contribution in [0.25, 0.3) is 0 Å². The summed E-state index contributed by atoms with van der Waals surface area (Å²) in [5.41, 5.74) is 1.99. The van der Waals surface area contributed by atoms with E-state index in [4.69, 9.17) is 4.98 Å². The molecule has 1 aromatic rings. The van der Waals surface area contributed by atoms with E-state index in [1.165, 1.54) is 0 Å². The standard InChI is InChI=1S/C20H27N5O3/c1-3-23-11-15(8-18(23)27)20(28)25-7-5-17-16(12-25)9-21-19(22-17)14-4-6-24(10-14)13(2)26/h9,14-15H,3-8,10-12H2,1-2H3/t14-,15-/m1/s1. The fourth-order valence-corrected chi connectivity index (χ4v) is 4.47. The molecule has 0 bridgehead atoms. The van der Waals surface area contributed by atoms with Crippen LogP contribution in [-0.4, -0.2) is 75.1 Å². The van der Waals surface area contributed by atoms with Crippen molar-refractivity contribution in [2.24, 2.45) is 5.92 Å². The molecule has 0 saturated carbocycles. The minimum Gasteiger partial charge on any atom is -0.342 e. The Morgan fingerprint density at radius 2 is 2.04 bits per heavy atom. The molecular weight excluding hydrogens is 358 g/mol. The van der Waals surface area contributed by atoms with Crippen LogP contribution in [-0.2, 0) is 27.3 Å². The molecule has 3 amide bonds. The number of rotatable bonds is 3. The van der Waals surface area contributed by atoms with Gasteiger partial charge < -0.3 is 14.7 Å². The molecule has 150 valence electrons. The molecule has 0 unspecified atom stereocenters. The van der Waals surface area contributed by atoms with Crippen LogP contribution in [0.4, 0.5) is 0 Å². The molecular formula is C20H27N5O3. The average molecular weight is 385 g/mol. The lowest BCUT2D eigenvalue weighted by atomic mass is 10.0. The molecule has 2 atom stereocenters. The third kappa shape index (κ3) is 3.47. The molecule has 0 aliphatic carbocycles. The Kier molecular flexibility index (Phi) is 5.03. The molecule has 0 aromatic carbocycles. The molecule has 3 aliphatic heterocycles. The van der Waals surface area contributed by atoms with Crippen LogP contribution in [0, 0.1) is 5.92 Å². The largest absolute Gasteiger partial charge is 0.342 e. The van der Waals surface area contributed by atoms with Crippen LogP contribution < -0.4 is 0 Å². The summed E-state index contributed by atoms with van der Waals surface area (Å²) in [6.45, 7) is 7.31. The molecule has 4 rings (SSSR count). The zero-order chi connectivity index (χ0) is 19.8. The molecule has 3 aliphatic rings. The number of carbonyl (C=O) groups is 3. The summed E-state index contributed by atoms with van der Waals surface area (Å²) < 4.78 is 0. The van der Waals surface area contributed by atoms with Gasteiger partial charge in [-0.2, -0.15) is 0 Å². The van der Waals surface area contributed by atoms with E-state index in [9.17, 15) is 14.4 Å². The second-order valence-electron chi connectivity index (χ2n) is 7.99. The van der Waals surface area contributed by atoms with Gasteiger partial charge in [0.2, 0.25) is 17.7 Å². The molecule has 28 heavy (non-hydrogen) atoms.